The first-order valence-electron chi connectivity index (χ1n) is 8.45. The molecule has 0 saturated heterocycles. The van der Waals surface area contributed by atoms with Crippen LogP contribution >= 0.6 is 0 Å². The van der Waals surface area contributed by atoms with Crippen molar-refractivity contribution in [1.82, 2.24) is 9.78 Å². The number of benzene rings is 1. The van der Waals surface area contributed by atoms with E-state index >= 15 is 0 Å². The molecule has 1 N–H and O–H groups in total. The predicted octanol–water partition coefficient (Wildman–Crippen LogP) is 3.57. The van der Waals surface area contributed by atoms with Crippen LogP contribution in [0.25, 0.3) is 11.3 Å². The number of fused-ring (bicyclic) bond motifs is 3. The third-order valence-corrected chi connectivity index (χ3v) is 6.80. The van der Waals surface area contributed by atoms with E-state index in [1.54, 1.807) is 0 Å². The van der Waals surface area contributed by atoms with Crippen molar-refractivity contribution < 1.29 is 14.1 Å². The van der Waals surface area contributed by atoms with Crippen LogP contribution in [0.4, 0.5) is 0 Å². The third kappa shape index (κ3) is 2.40. The Morgan fingerprint density at radius 1 is 1.25 bits per heavy atom. The van der Waals surface area contributed by atoms with E-state index in [1.807, 2.05) is 28.9 Å². The number of aromatic carboxylic acids is 1. The molecule has 5 nitrogen and oxygen atoms in total. The van der Waals surface area contributed by atoms with Gasteiger partial charge in [0.15, 0.2) is 10.6 Å². The second kappa shape index (κ2) is 5.84. The summed E-state index contributed by atoms with van der Waals surface area (Å²) in [6.45, 7) is 2.26. The van der Waals surface area contributed by atoms with Gasteiger partial charge in [0, 0.05) is 0 Å². The molecule has 1 unspecified atom stereocenters. The fourth-order valence-electron chi connectivity index (χ4n) is 3.95. The second-order valence-electron chi connectivity index (χ2n) is 6.89. The first kappa shape index (κ1) is 15.6. The zero-order chi connectivity index (χ0) is 16.8. The van der Waals surface area contributed by atoms with Gasteiger partial charge in [-0.15, -0.1) is 4.21 Å². The van der Waals surface area contributed by atoms with Crippen LogP contribution < -0.4 is 0 Å². The molecule has 1 aromatic carbocycles. The quantitative estimate of drug-likeness (QED) is 0.667. The van der Waals surface area contributed by atoms with E-state index in [-0.39, 0.29) is 17.5 Å². The first-order chi connectivity index (χ1) is 11.6. The van der Waals surface area contributed by atoms with Crippen molar-refractivity contribution >= 4 is 16.8 Å². The number of nitrogens with zero attached hydrogens (tertiary/aromatic N) is 2. The lowest BCUT2D eigenvalue weighted by Gasteiger charge is -2.28. The minimum absolute atomic E-state index is 0.0708. The van der Waals surface area contributed by atoms with E-state index < -0.39 is 16.8 Å². The maximum absolute atomic E-state index is 12.6. The molecule has 126 valence electrons. The lowest BCUT2D eigenvalue weighted by atomic mass is 9.87. The van der Waals surface area contributed by atoms with Gasteiger partial charge < -0.3 is 5.11 Å². The van der Waals surface area contributed by atoms with Crippen molar-refractivity contribution in [3.8, 4) is 11.3 Å². The lowest BCUT2D eigenvalue weighted by molar-refractivity contribution is 0.0688. The Morgan fingerprint density at radius 3 is 2.67 bits per heavy atom. The third-order valence-electron chi connectivity index (χ3n) is 5.27. The molecule has 4 rings (SSSR count). The van der Waals surface area contributed by atoms with E-state index in [1.165, 1.54) is 0 Å². The molecule has 1 fully saturated rings. The number of thiol groups is 1. The summed E-state index contributed by atoms with van der Waals surface area (Å²) < 4.78 is 14.5. The van der Waals surface area contributed by atoms with E-state index in [9.17, 15) is 14.1 Å². The standard InChI is InChI=1S/C18H20N2O3S/c1-11-6-8-12(9-7-11)20-17-13-4-2-3-5-15(13)24(23)10-14(17)16(19-20)18(21)22/h2-5,11-12H,6-10H2,1H3,(H,21,22)/p+1. The summed E-state index contributed by atoms with van der Waals surface area (Å²) in [6, 6.07) is 7.86. The van der Waals surface area contributed by atoms with Crippen LogP contribution in [0.2, 0.25) is 0 Å². The molecule has 0 bridgehead atoms. The van der Waals surface area contributed by atoms with E-state index in [0.717, 1.165) is 41.8 Å². The van der Waals surface area contributed by atoms with Crippen LogP contribution in [-0.4, -0.2) is 20.9 Å². The second-order valence-corrected chi connectivity index (χ2v) is 8.45. The van der Waals surface area contributed by atoms with Crippen molar-refractivity contribution in [3.63, 3.8) is 0 Å². The molecule has 24 heavy (non-hydrogen) atoms. The predicted molar refractivity (Wildman–Crippen MR) is 92.7 cm³/mol. The van der Waals surface area contributed by atoms with Gasteiger partial charge in [0.25, 0.3) is 0 Å². The van der Waals surface area contributed by atoms with Crippen LogP contribution in [0.3, 0.4) is 0 Å². The fraction of sp³-hybridized carbons (Fsp3) is 0.444. The summed E-state index contributed by atoms with van der Waals surface area (Å²) in [5, 5.41) is 14.0. The van der Waals surface area contributed by atoms with Crippen molar-refractivity contribution in [2.24, 2.45) is 5.92 Å². The molecule has 2 aliphatic rings. The minimum Gasteiger partial charge on any atom is -0.476 e. The highest BCUT2D eigenvalue weighted by atomic mass is 32.2. The molecule has 0 amide bonds. The van der Waals surface area contributed by atoms with Gasteiger partial charge in [-0.2, -0.15) is 5.10 Å². The van der Waals surface area contributed by atoms with Crippen LogP contribution in [0.1, 0.15) is 54.7 Å². The van der Waals surface area contributed by atoms with Gasteiger partial charge in [0.05, 0.1) is 22.9 Å². The zero-order valence-corrected chi connectivity index (χ0v) is 14.5. The molecular formula is C18H21N2O3S+. The summed E-state index contributed by atoms with van der Waals surface area (Å²) in [5.74, 6) is -0.0443. The first-order valence-corrected chi connectivity index (χ1v) is 9.89. The molecule has 1 saturated carbocycles. The van der Waals surface area contributed by atoms with Crippen LogP contribution in [0.5, 0.6) is 0 Å². The summed E-state index contributed by atoms with van der Waals surface area (Å²) in [4.78, 5) is 12.5. The average molecular weight is 345 g/mol. The molecule has 2 heterocycles. The van der Waals surface area contributed by atoms with E-state index in [2.05, 4.69) is 12.0 Å². The Labute approximate surface area is 143 Å². The minimum atomic E-state index is -1.61. The van der Waals surface area contributed by atoms with Gasteiger partial charge in [-0.25, -0.2) is 4.79 Å². The number of aromatic nitrogens is 2. The largest absolute Gasteiger partial charge is 0.476 e. The van der Waals surface area contributed by atoms with Gasteiger partial charge in [0.2, 0.25) is 0 Å². The molecule has 1 aliphatic heterocycles. The number of carboxylic acids is 1. The summed E-state index contributed by atoms with van der Waals surface area (Å²) in [7, 11) is -1.61. The normalized spacial score (nSPS) is 25.8. The lowest BCUT2D eigenvalue weighted by Crippen LogP contribution is -2.20. The highest BCUT2D eigenvalue weighted by Gasteiger charge is 2.37. The van der Waals surface area contributed by atoms with Crippen molar-refractivity contribution in [1.29, 1.82) is 0 Å². The number of carboxylic acid groups (broad SMARTS) is 1. The van der Waals surface area contributed by atoms with Crippen molar-refractivity contribution in [2.45, 2.75) is 49.3 Å². The Morgan fingerprint density at radius 2 is 1.96 bits per heavy atom. The Kier molecular flexibility index (Phi) is 3.79. The molecule has 6 heteroatoms. The Bertz CT molecular complexity index is 835. The summed E-state index contributed by atoms with van der Waals surface area (Å²) in [6.07, 6.45) is 4.31. The van der Waals surface area contributed by atoms with Gasteiger partial charge in [-0.3, -0.25) is 4.68 Å². The molecule has 1 aromatic heterocycles. The molecule has 0 spiro atoms. The summed E-state index contributed by atoms with van der Waals surface area (Å²) >= 11 is 0. The monoisotopic (exact) mass is 345 g/mol. The van der Waals surface area contributed by atoms with Gasteiger partial charge in [-0.05, 0) is 43.7 Å². The molecule has 1 atom stereocenters. The highest BCUT2D eigenvalue weighted by Crippen LogP contribution is 2.42. The van der Waals surface area contributed by atoms with E-state index in [0.29, 0.717) is 11.5 Å². The number of rotatable bonds is 2. The maximum atomic E-state index is 12.6. The van der Waals surface area contributed by atoms with Crippen LogP contribution in [0.15, 0.2) is 29.2 Å². The smallest absolute Gasteiger partial charge is 0.356 e. The highest BCUT2D eigenvalue weighted by molar-refractivity contribution is 7.84. The topological polar surface area (TPSA) is 72.2 Å². The van der Waals surface area contributed by atoms with Crippen molar-refractivity contribution in [3.05, 3.63) is 35.5 Å². The van der Waals surface area contributed by atoms with Gasteiger partial charge in [-0.1, -0.05) is 19.1 Å². The van der Waals surface area contributed by atoms with E-state index in [4.69, 9.17) is 0 Å². The molecule has 2 aromatic rings. The number of carbonyl (C=O) groups is 1. The number of hydrogen-bond acceptors (Lipinski definition) is 3. The number of hydrogen-bond donors (Lipinski definition) is 1. The van der Waals surface area contributed by atoms with Crippen LogP contribution in [0, 0.1) is 5.92 Å². The van der Waals surface area contributed by atoms with Crippen molar-refractivity contribution in [2.75, 3.05) is 0 Å². The summed E-state index contributed by atoms with van der Waals surface area (Å²) in [5.41, 5.74) is 2.47. The zero-order valence-electron chi connectivity index (χ0n) is 13.6. The van der Waals surface area contributed by atoms with Gasteiger partial charge >= 0.3 is 5.97 Å². The Balaban J connectivity index is 1.90. The fourth-order valence-corrected chi connectivity index (χ4v) is 5.41. The van der Waals surface area contributed by atoms with Gasteiger partial charge in [0.1, 0.15) is 16.6 Å². The SMILES string of the molecule is CC1CCC(n2nc(C(=O)O)c3c2-c2ccccc2[SH+](=O)C3)CC1. The average Bonchev–Trinajstić information content (AvgIpc) is 2.95. The van der Waals surface area contributed by atoms with Crippen LogP contribution in [-0.2, 0) is 20.8 Å². The molecule has 0 radical (unpaired) electrons. The molecule has 1 aliphatic carbocycles. The Hall–Kier alpha value is -1.95. The maximum Gasteiger partial charge on any atom is 0.356 e. The molecular weight excluding hydrogens is 324 g/mol.